The molecule has 0 N–H and O–H groups in total. The fourth-order valence-corrected chi connectivity index (χ4v) is 2.56. The van der Waals surface area contributed by atoms with Crippen molar-refractivity contribution in [1.29, 1.82) is 0 Å². The molecule has 0 aliphatic carbocycles. The zero-order valence-electron chi connectivity index (χ0n) is 11.1. The maximum Gasteiger partial charge on any atom is 0.330 e. The Kier molecular flexibility index (Phi) is 4.63. The van der Waals surface area contributed by atoms with Crippen molar-refractivity contribution in [2.24, 2.45) is 0 Å². The van der Waals surface area contributed by atoms with Crippen LogP contribution in [-0.4, -0.2) is 17.6 Å². The van der Waals surface area contributed by atoms with Crippen LogP contribution in [0.5, 0.6) is 0 Å². The summed E-state index contributed by atoms with van der Waals surface area (Å²) in [6, 6.07) is 5.30. The number of aromatic nitrogens is 1. The molecule has 2 rings (SSSR count). The van der Waals surface area contributed by atoms with Crippen LogP contribution in [0.25, 0.3) is 17.0 Å². The summed E-state index contributed by atoms with van der Waals surface area (Å²) >= 11 is 12.2. The molecule has 1 aromatic heterocycles. The van der Waals surface area contributed by atoms with E-state index >= 15 is 0 Å². The van der Waals surface area contributed by atoms with Gasteiger partial charge in [-0.1, -0.05) is 23.2 Å². The number of esters is 1. The number of rotatable bonds is 3. The highest BCUT2D eigenvalue weighted by atomic mass is 35.5. The molecule has 0 amide bonds. The van der Waals surface area contributed by atoms with Crippen molar-refractivity contribution in [3.63, 3.8) is 0 Å². The average molecular weight is 310 g/mol. The third-order valence-corrected chi connectivity index (χ3v) is 3.24. The van der Waals surface area contributed by atoms with Crippen LogP contribution in [0.4, 0.5) is 0 Å². The Morgan fingerprint density at radius 3 is 2.80 bits per heavy atom. The lowest BCUT2D eigenvalue weighted by Crippen LogP contribution is -1.99. The van der Waals surface area contributed by atoms with Crippen LogP contribution < -0.4 is 0 Å². The number of halogens is 2. The Labute approximate surface area is 127 Å². The summed E-state index contributed by atoms with van der Waals surface area (Å²) in [5.74, 6) is -0.392. The molecule has 0 unspecified atom stereocenters. The van der Waals surface area contributed by atoms with Crippen molar-refractivity contribution in [2.45, 2.75) is 13.8 Å². The van der Waals surface area contributed by atoms with Crippen LogP contribution in [-0.2, 0) is 9.53 Å². The first-order valence-corrected chi connectivity index (χ1v) is 6.88. The maximum absolute atomic E-state index is 11.3. The Morgan fingerprint density at radius 1 is 1.35 bits per heavy atom. The molecule has 0 saturated heterocycles. The van der Waals surface area contributed by atoms with Crippen LogP contribution in [0.2, 0.25) is 10.0 Å². The summed E-state index contributed by atoms with van der Waals surface area (Å²) in [6.45, 7) is 4.04. The van der Waals surface area contributed by atoms with E-state index < -0.39 is 5.97 Å². The highest BCUT2D eigenvalue weighted by Gasteiger charge is 2.07. The molecule has 0 spiro atoms. The molecule has 5 heteroatoms. The zero-order chi connectivity index (χ0) is 14.7. The van der Waals surface area contributed by atoms with E-state index in [1.165, 1.54) is 6.08 Å². The van der Waals surface area contributed by atoms with Crippen LogP contribution in [0.1, 0.15) is 18.2 Å². The van der Waals surface area contributed by atoms with Gasteiger partial charge in [0.1, 0.15) is 0 Å². The number of ether oxygens (including phenoxy) is 1. The molecule has 1 aromatic carbocycles. The topological polar surface area (TPSA) is 39.2 Å². The molecular weight excluding hydrogens is 297 g/mol. The van der Waals surface area contributed by atoms with Gasteiger partial charge in [-0.3, -0.25) is 0 Å². The molecule has 0 radical (unpaired) electrons. The van der Waals surface area contributed by atoms with Crippen LogP contribution in [0.3, 0.4) is 0 Å². The van der Waals surface area contributed by atoms with Gasteiger partial charge < -0.3 is 4.74 Å². The molecule has 2 aromatic rings. The fourth-order valence-electron chi connectivity index (χ4n) is 1.93. The molecule has 104 valence electrons. The molecule has 3 nitrogen and oxygen atoms in total. The lowest BCUT2D eigenvalue weighted by atomic mass is 10.1. The summed E-state index contributed by atoms with van der Waals surface area (Å²) in [5, 5.41) is 1.96. The van der Waals surface area contributed by atoms with Gasteiger partial charge in [0.05, 0.1) is 22.8 Å². The normalized spacial score (nSPS) is 11.2. The van der Waals surface area contributed by atoms with Gasteiger partial charge in [-0.25, -0.2) is 9.78 Å². The number of aryl methyl sites for hydroxylation is 1. The van der Waals surface area contributed by atoms with Gasteiger partial charge in [-0.2, -0.15) is 0 Å². The highest BCUT2D eigenvalue weighted by molar-refractivity contribution is 6.38. The molecule has 0 saturated carbocycles. The van der Waals surface area contributed by atoms with Crippen molar-refractivity contribution < 1.29 is 9.53 Å². The van der Waals surface area contributed by atoms with Crippen LogP contribution in [0, 0.1) is 6.92 Å². The summed E-state index contributed by atoms with van der Waals surface area (Å²) in [5.41, 5.74) is 2.33. The van der Waals surface area contributed by atoms with Crippen LogP contribution in [0.15, 0.2) is 24.3 Å². The minimum absolute atomic E-state index is 0.346. The Balaban J connectivity index is 2.45. The molecule has 0 aliphatic rings. The summed E-state index contributed by atoms with van der Waals surface area (Å²) in [4.78, 5) is 15.7. The summed E-state index contributed by atoms with van der Waals surface area (Å²) in [6.07, 6.45) is 2.96. The number of nitrogens with zero attached hydrogens (tertiary/aromatic N) is 1. The lowest BCUT2D eigenvalue weighted by molar-refractivity contribution is -0.137. The molecule has 0 atom stereocenters. The molecule has 0 aliphatic heterocycles. The van der Waals surface area contributed by atoms with Crippen LogP contribution >= 0.6 is 23.2 Å². The largest absolute Gasteiger partial charge is 0.463 e. The number of carbonyl (C=O) groups excluding carboxylic acids is 1. The first-order valence-electron chi connectivity index (χ1n) is 6.12. The van der Waals surface area contributed by atoms with Gasteiger partial charge >= 0.3 is 5.97 Å². The lowest BCUT2D eigenvalue weighted by Gasteiger charge is -2.06. The number of hydrogen-bond donors (Lipinski definition) is 0. The highest BCUT2D eigenvalue weighted by Crippen LogP contribution is 2.29. The molecular formula is C15H13Cl2NO2. The third-order valence-electron chi connectivity index (χ3n) is 2.72. The summed E-state index contributed by atoms with van der Waals surface area (Å²) < 4.78 is 4.82. The van der Waals surface area contributed by atoms with Gasteiger partial charge in [0.2, 0.25) is 0 Å². The number of hydrogen-bond acceptors (Lipinski definition) is 3. The number of carbonyl (C=O) groups is 1. The molecule has 1 heterocycles. The van der Waals surface area contributed by atoms with Gasteiger partial charge in [-0.05, 0) is 43.7 Å². The smallest absolute Gasteiger partial charge is 0.330 e. The Hall–Kier alpha value is -1.58. The van der Waals surface area contributed by atoms with Crippen molar-refractivity contribution in [3.8, 4) is 0 Å². The predicted molar refractivity (Wildman–Crippen MR) is 82.2 cm³/mol. The standard InChI is InChI=1S/C15H13Cl2NO2/c1-3-20-14(19)5-4-11-6-9(2)15-12(17)7-10(16)8-13(15)18-11/h4-8H,3H2,1-2H3/b5-4+. The van der Waals surface area contributed by atoms with Gasteiger partial charge in [0.25, 0.3) is 0 Å². The van der Waals surface area contributed by atoms with E-state index in [9.17, 15) is 4.79 Å². The second-order valence-electron chi connectivity index (χ2n) is 4.23. The first-order chi connectivity index (χ1) is 9.51. The minimum Gasteiger partial charge on any atom is -0.463 e. The molecule has 20 heavy (non-hydrogen) atoms. The molecule has 0 bridgehead atoms. The van der Waals surface area contributed by atoms with E-state index in [0.29, 0.717) is 27.9 Å². The van der Waals surface area contributed by atoms with E-state index in [1.807, 2.05) is 13.0 Å². The maximum atomic E-state index is 11.3. The van der Waals surface area contributed by atoms with Crippen molar-refractivity contribution in [1.82, 2.24) is 4.98 Å². The van der Waals surface area contributed by atoms with Gasteiger partial charge in [-0.15, -0.1) is 0 Å². The van der Waals surface area contributed by atoms with Gasteiger partial charge in [0.15, 0.2) is 0 Å². The number of benzene rings is 1. The van der Waals surface area contributed by atoms with Crippen molar-refractivity contribution in [2.75, 3.05) is 6.61 Å². The predicted octanol–water partition coefficient (Wildman–Crippen LogP) is 4.43. The first kappa shape index (κ1) is 14.8. The summed E-state index contributed by atoms with van der Waals surface area (Å²) in [7, 11) is 0. The van der Waals surface area contributed by atoms with Gasteiger partial charge in [0, 0.05) is 16.5 Å². The second kappa shape index (κ2) is 6.25. The Bertz CT molecular complexity index is 696. The number of pyridine rings is 1. The zero-order valence-corrected chi connectivity index (χ0v) is 12.6. The SMILES string of the molecule is CCOC(=O)/C=C/c1cc(C)c2c(Cl)cc(Cl)cc2n1. The van der Waals surface area contributed by atoms with E-state index in [1.54, 1.807) is 25.1 Å². The monoisotopic (exact) mass is 309 g/mol. The van der Waals surface area contributed by atoms with E-state index in [4.69, 9.17) is 27.9 Å². The average Bonchev–Trinajstić information content (AvgIpc) is 2.35. The second-order valence-corrected chi connectivity index (χ2v) is 5.07. The van der Waals surface area contributed by atoms with E-state index in [2.05, 4.69) is 4.98 Å². The number of fused-ring (bicyclic) bond motifs is 1. The third kappa shape index (κ3) is 3.30. The van der Waals surface area contributed by atoms with E-state index in [0.717, 1.165) is 10.9 Å². The minimum atomic E-state index is -0.392. The quantitative estimate of drug-likeness (QED) is 0.622. The van der Waals surface area contributed by atoms with E-state index in [-0.39, 0.29) is 0 Å². The Morgan fingerprint density at radius 2 is 2.10 bits per heavy atom. The molecule has 0 fully saturated rings. The van der Waals surface area contributed by atoms with Crippen molar-refractivity contribution >= 4 is 46.2 Å². The van der Waals surface area contributed by atoms with Crippen molar-refractivity contribution in [3.05, 3.63) is 45.6 Å². The fraction of sp³-hybridized carbons (Fsp3) is 0.200.